The lowest BCUT2D eigenvalue weighted by atomic mass is 10.0. The van der Waals surface area contributed by atoms with Crippen molar-refractivity contribution in [2.75, 3.05) is 39.3 Å². The predicted octanol–water partition coefficient (Wildman–Crippen LogP) is 2.54. The highest BCUT2D eigenvalue weighted by molar-refractivity contribution is 7.86. The summed E-state index contributed by atoms with van der Waals surface area (Å²) >= 11 is 0. The molecular weight excluding hydrogens is 362 g/mol. The number of piperidine rings is 1. The monoisotopic (exact) mass is 393 g/mol. The van der Waals surface area contributed by atoms with E-state index in [-0.39, 0.29) is 5.91 Å². The molecule has 0 aliphatic carbocycles. The third-order valence-corrected chi connectivity index (χ3v) is 7.62. The Kier molecular flexibility index (Phi) is 6.23. The van der Waals surface area contributed by atoms with Gasteiger partial charge in [0, 0.05) is 44.8 Å². The van der Waals surface area contributed by atoms with Gasteiger partial charge in [-0.2, -0.15) is 17.0 Å². The van der Waals surface area contributed by atoms with E-state index in [0.717, 1.165) is 12.8 Å². The number of nitrogens with zero attached hydrogens (tertiary/aromatic N) is 3. The molecule has 0 aromatic heterocycles. The van der Waals surface area contributed by atoms with Crippen molar-refractivity contribution in [3.8, 4) is 0 Å². The van der Waals surface area contributed by atoms with E-state index in [4.69, 9.17) is 0 Å². The van der Waals surface area contributed by atoms with Gasteiger partial charge in [0.1, 0.15) is 0 Å². The Morgan fingerprint density at radius 1 is 1.00 bits per heavy atom. The average molecular weight is 394 g/mol. The maximum atomic E-state index is 12.9. The molecule has 150 valence electrons. The van der Waals surface area contributed by atoms with E-state index < -0.39 is 10.2 Å². The Labute approximate surface area is 163 Å². The first kappa shape index (κ1) is 20.3. The third kappa shape index (κ3) is 4.52. The number of hydrogen-bond acceptors (Lipinski definition) is 3. The molecule has 7 heteroatoms. The average Bonchev–Trinajstić information content (AvgIpc) is 2.67. The highest BCUT2D eigenvalue weighted by Gasteiger charge is 2.35. The summed E-state index contributed by atoms with van der Waals surface area (Å²) in [5.74, 6) is 0.819. The van der Waals surface area contributed by atoms with Crippen LogP contribution in [-0.2, 0) is 10.2 Å². The summed E-state index contributed by atoms with van der Waals surface area (Å²) in [7, 11) is -3.42. The van der Waals surface area contributed by atoms with Crippen molar-refractivity contribution < 1.29 is 13.2 Å². The van der Waals surface area contributed by atoms with Crippen LogP contribution in [0.25, 0.3) is 0 Å². The van der Waals surface area contributed by atoms with Crippen LogP contribution >= 0.6 is 0 Å². The van der Waals surface area contributed by atoms with Gasteiger partial charge in [0.2, 0.25) is 0 Å². The van der Waals surface area contributed by atoms with Crippen LogP contribution in [0.1, 0.15) is 55.5 Å². The van der Waals surface area contributed by atoms with E-state index in [1.165, 1.54) is 9.87 Å². The maximum absolute atomic E-state index is 12.9. The number of carbonyl (C=O) groups is 1. The fourth-order valence-corrected chi connectivity index (χ4v) is 5.59. The Morgan fingerprint density at radius 2 is 1.63 bits per heavy atom. The Morgan fingerprint density at radius 3 is 2.19 bits per heavy atom. The largest absolute Gasteiger partial charge is 0.336 e. The quantitative estimate of drug-likeness (QED) is 0.790. The molecular formula is C20H31N3O3S. The molecule has 2 saturated heterocycles. The van der Waals surface area contributed by atoms with Gasteiger partial charge in [0.05, 0.1) is 0 Å². The molecule has 27 heavy (non-hydrogen) atoms. The minimum absolute atomic E-state index is 0.0195. The van der Waals surface area contributed by atoms with Crippen LogP contribution in [0.4, 0.5) is 0 Å². The SMILES string of the molecule is CC1CCCN(S(=O)(=O)N2CCN(C(=O)c3ccc(C(C)C)cc3)CC2)C1. The van der Waals surface area contributed by atoms with Crippen LogP contribution in [-0.4, -0.2) is 67.1 Å². The number of benzene rings is 1. The zero-order valence-electron chi connectivity index (χ0n) is 16.6. The number of rotatable bonds is 4. The first-order valence-corrected chi connectivity index (χ1v) is 11.3. The fourth-order valence-electron chi connectivity index (χ4n) is 3.83. The van der Waals surface area contributed by atoms with Crippen molar-refractivity contribution in [3.63, 3.8) is 0 Å². The first-order valence-electron chi connectivity index (χ1n) is 9.93. The predicted molar refractivity (Wildman–Crippen MR) is 107 cm³/mol. The van der Waals surface area contributed by atoms with Gasteiger partial charge in [0.25, 0.3) is 16.1 Å². The molecule has 0 bridgehead atoms. The number of carbonyl (C=O) groups excluding carboxylic acids is 1. The van der Waals surface area contributed by atoms with Gasteiger partial charge in [-0.3, -0.25) is 4.79 Å². The van der Waals surface area contributed by atoms with Crippen LogP contribution in [0.5, 0.6) is 0 Å². The van der Waals surface area contributed by atoms with Crippen LogP contribution in [0.15, 0.2) is 24.3 Å². The summed E-state index contributed by atoms with van der Waals surface area (Å²) in [5, 5.41) is 0. The normalized spacial score (nSPS) is 23.0. The van der Waals surface area contributed by atoms with Crippen molar-refractivity contribution in [3.05, 3.63) is 35.4 Å². The van der Waals surface area contributed by atoms with Crippen LogP contribution < -0.4 is 0 Å². The molecule has 1 aromatic carbocycles. The van der Waals surface area contributed by atoms with Crippen molar-refractivity contribution in [2.24, 2.45) is 5.92 Å². The Bertz CT molecular complexity index is 753. The molecule has 0 radical (unpaired) electrons. The highest BCUT2D eigenvalue weighted by Crippen LogP contribution is 2.22. The summed E-state index contributed by atoms with van der Waals surface area (Å²) in [6.07, 6.45) is 2.01. The summed E-state index contributed by atoms with van der Waals surface area (Å²) in [6.45, 7) is 9.16. The molecule has 1 amide bonds. The van der Waals surface area contributed by atoms with Crippen LogP contribution in [0, 0.1) is 5.92 Å². The zero-order valence-corrected chi connectivity index (χ0v) is 17.4. The zero-order chi connectivity index (χ0) is 19.6. The van der Waals surface area contributed by atoms with Crippen molar-refractivity contribution in [2.45, 2.75) is 39.5 Å². The van der Waals surface area contributed by atoms with Crippen LogP contribution in [0.2, 0.25) is 0 Å². The van der Waals surface area contributed by atoms with Crippen molar-refractivity contribution in [1.82, 2.24) is 13.5 Å². The van der Waals surface area contributed by atoms with Gasteiger partial charge in [0.15, 0.2) is 0 Å². The summed E-state index contributed by atoms with van der Waals surface area (Å²) in [5.41, 5.74) is 1.87. The standard InChI is InChI=1S/C20H31N3O3S/c1-16(2)18-6-8-19(9-7-18)20(24)21-11-13-22(14-12-21)27(25,26)23-10-4-5-17(3)15-23/h6-9,16-17H,4-5,10-15H2,1-3H3. The van der Waals surface area contributed by atoms with E-state index in [1.807, 2.05) is 24.3 Å². The van der Waals surface area contributed by atoms with Gasteiger partial charge < -0.3 is 4.90 Å². The molecule has 1 unspecified atom stereocenters. The minimum atomic E-state index is -3.42. The maximum Gasteiger partial charge on any atom is 0.282 e. The van der Waals surface area contributed by atoms with E-state index in [0.29, 0.717) is 56.7 Å². The third-order valence-electron chi connectivity index (χ3n) is 5.62. The molecule has 1 aromatic rings. The second-order valence-electron chi connectivity index (χ2n) is 8.08. The van der Waals surface area contributed by atoms with Gasteiger partial charge >= 0.3 is 0 Å². The molecule has 1 atom stereocenters. The van der Waals surface area contributed by atoms with Gasteiger partial charge in [-0.25, -0.2) is 0 Å². The highest BCUT2D eigenvalue weighted by atomic mass is 32.2. The van der Waals surface area contributed by atoms with Gasteiger partial charge in [-0.15, -0.1) is 0 Å². The number of hydrogen-bond donors (Lipinski definition) is 0. The summed E-state index contributed by atoms with van der Waals surface area (Å²) in [6, 6.07) is 7.73. The fraction of sp³-hybridized carbons (Fsp3) is 0.650. The molecule has 0 spiro atoms. The van der Waals surface area contributed by atoms with Crippen molar-refractivity contribution >= 4 is 16.1 Å². The second-order valence-corrected chi connectivity index (χ2v) is 10.0. The Hall–Kier alpha value is -1.44. The van der Waals surface area contributed by atoms with E-state index in [9.17, 15) is 13.2 Å². The molecule has 6 nitrogen and oxygen atoms in total. The molecule has 2 heterocycles. The van der Waals surface area contributed by atoms with E-state index >= 15 is 0 Å². The lowest BCUT2D eigenvalue weighted by molar-refractivity contribution is 0.0692. The molecule has 2 aliphatic rings. The van der Waals surface area contributed by atoms with Gasteiger partial charge in [-0.1, -0.05) is 32.9 Å². The molecule has 0 N–H and O–H groups in total. The smallest absolute Gasteiger partial charge is 0.282 e. The lowest BCUT2D eigenvalue weighted by Gasteiger charge is -2.38. The van der Waals surface area contributed by atoms with Crippen LogP contribution in [0.3, 0.4) is 0 Å². The summed E-state index contributed by atoms with van der Waals surface area (Å²) in [4.78, 5) is 14.5. The number of piperazine rings is 1. The van der Waals surface area contributed by atoms with E-state index in [2.05, 4.69) is 20.8 Å². The van der Waals surface area contributed by atoms with Crippen molar-refractivity contribution in [1.29, 1.82) is 0 Å². The first-order chi connectivity index (χ1) is 12.8. The molecule has 2 fully saturated rings. The summed E-state index contributed by atoms with van der Waals surface area (Å²) < 4.78 is 28.9. The van der Waals surface area contributed by atoms with Gasteiger partial charge in [-0.05, 0) is 42.4 Å². The lowest BCUT2D eigenvalue weighted by Crippen LogP contribution is -2.55. The Balaban J connectivity index is 1.60. The number of amides is 1. The molecule has 0 saturated carbocycles. The second kappa shape index (κ2) is 8.29. The van der Waals surface area contributed by atoms with E-state index in [1.54, 1.807) is 9.21 Å². The topological polar surface area (TPSA) is 60.9 Å². The molecule has 2 aliphatic heterocycles. The molecule has 3 rings (SSSR count). The minimum Gasteiger partial charge on any atom is -0.336 e.